The van der Waals surface area contributed by atoms with Gasteiger partial charge in [0.2, 0.25) is 0 Å². The number of aromatic nitrogens is 2. The van der Waals surface area contributed by atoms with Crippen LogP contribution in [-0.4, -0.2) is 33.6 Å². The van der Waals surface area contributed by atoms with Gasteiger partial charge in [-0.25, -0.2) is 4.39 Å². The Labute approximate surface area is 181 Å². The molecule has 0 fully saturated rings. The van der Waals surface area contributed by atoms with Gasteiger partial charge in [0.25, 0.3) is 11.5 Å². The van der Waals surface area contributed by atoms with E-state index in [1.807, 2.05) is 6.07 Å². The molecule has 4 N–H and O–H groups in total. The van der Waals surface area contributed by atoms with E-state index in [1.165, 1.54) is 43.6 Å². The Bertz CT molecular complexity index is 1240. The second-order valence-corrected chi connectivity index (χ2v) is 7.08. The van der Waals surface area contributed by atoms with Gasteiger partial charge in [0.1, 0.15) is 17.6 Å². The summed E-state index contributed by atoms with van der Waals surface area (Å²) in [5.74, 6) is -1.16. The number of amides is 1. The molecule has 0 radical (unpaired) electrons. The lowest BCUT2D eigenvalue weighted by molar-refractivity contribution is 0.0924. The van der Waals surface area contributed by atoms with Gasteiger partial charge in [-0.05, 0) is 37.3 Å². The van der Waals surface area contributed by atoms with Crippen LogP contribution in [0.3, 0.4) is 0 Å². The van der Waals surface area contributed by atoms with Crippen molar-refractivity contribution in [1.29, 1.82) is 5.26 Å². The molecule has 0 saturated carbocycles. The molecule has 1 aromatic carbocycles. The Morgan fingerprint density at radius 2 is 2.10 bits per heavy atom. The van der Waals surface area contributed by atoms with Crippen LogP contribution in [0.25, 0.3) is 11.1 Å². The van der Waals surface area contributed by atoms with Crippen molar-refractivity contribution in [3.63, 3.8) is 0 Å². The van der Waals surface area contributed by atoms with Gasteiger partial charge in [-0.15, -0.1) is 0 Å². The first kappa shape index (κ1) is 22.0. The fourth-order valence-corrected chi connectivity index (χ4v) is 2.96. The van der Waals surface area contributed by atoms with Crippen LogP contribution in [0.5, 0.6) is 0 Å². The summed E-state index contributed by atoms with van der Waals surface area (Å²) in [6.45, 7) is 1.56. The molecule has 0 aliphatic heterocycles. The van der Waals surface area contributed by atoms with E-state index in [4.69, 9.17) is 11.6 Å². The fraction of sp³-hybridized carbons (Fsp3) is 0.143. The molecule has 0 spiro atoms. The summed E-state index contributed by atoms with van der Waals surface area (Å²) in [7, 11) is 0. The SMILES string of the molecule is CC(O)CNC(=O)c1cnccc1Nc1cc(-c2cc(Cl)ccc2F)c(=O)[nH]c1C#N. The number of benzene rings is 1. The van der Waals surface area contributed by atoms with Gasteiger partial charge in [0.15, 0.2) is 0 Å². The molecular weight excluding hydrogens is 425 g/mol. The third-order valence-corrected chi connectivity index (χ3v) is 4.50. The number of carbonyl (C=O) groups is 1. The summed E-state index contributed by atoms with van der Waals surface area (Å²) in [6.07, 6.45) is 2.01. The number of H-pyrrole nitrogens is 1. The molecule has 0 aliphatic rings. The molecule has 1 atom stereocenters. The molecule has 158 valence electrons. The second kappa shape index (κ2) is 9.38. The van der Waals surface area contributed by atoms with Crippen LogP contribution < -0.4 is 16.2 Å². The number of aromatic amines is 1. The highest BCUT2D eigenvalue weighted by molar-refractivity contribution is 6.30. The van der Waals surface area contributed by atoms with Gasteiger partial charge in [-0.1, -0.05) is 11.6 Å². The molecular formula is C21H17ClFN5O3. The van der Waals surface area contributed by atoms with Crippen molar-refractivity contribution in [2.24, 2.45) is 0 Å². The maximum absolute atomic E-state index is 14.3. The average molecular weight is 442 g/mol. The van der Waals surface area contributed by atoms with E-state index in [1.54, 1.807) is 0 Å². The van der Waals surface area contributed by atoms with E-state index >= 15 is 0 Å². The van der Waals surface area contributed by atoms with Crippen LogP contribution in [-0.2, 0) is 0 Å². The maximum atomic E-state index is 14.3. The van der Waals surface area contributed by atoms with Crippen molar-refractivity contribution < 1.29 is 14.3 Å². The zero-order valence-corrected chi connectivity index (χ0v) is 17.0. The molecule has 2 heterocycles. The Morgan fingerprint density at radius 3 is 2.81 bits per heavy atom. The maximum Gasteiger partial charge on any atom is 0.257 e. The number of nitrogens with zero attached hydrogens (tertiary/aromatic N) is 2. The van der Waals surface area contributed by atoms with Crippen molar-refractivity contribution >= 4 is 28.9 Å². The molecule has 0 saturated heterocycles. The first-order valence-electron chi connectivity index (χ1n) is 9.10. The predicted octanol–water partition coefficient (Wildman–Crippen LogP) is 2.96. The summed E-state index contributed by atoms with van der Waals surface area (Å²) in [5, 5.41) is 24.5. The molecule has 1 unspecified atom stereocenters. The van der Waals surface area contributed by atoms with Crippen LogP contribution in [0.4, 0.5) is 15.8 Å². The summed E-state index contributed by atoms with van der Waals surface area (Å²) in [6, 6.07) is 8.47. The molecule has 3 rings (SSSR count). The van der Waals surface area contributed by atoms with Crippen LogP contribution in [0.1, 0.15) is 23.0 Å². The van der Waals surface area contributed by atoms with E-state index in [2.05, 4.69) is 20.6 Å². The lowest BCUT2D eigenvalue weighted by Crippen LogP contribution is -2.31. The fourth-order valence-electron chi connectivity index (χ4n) is 2.79. The molecule has 10 heteroatoms. The molecule has 3 aromatic rings. The number of pyridine rings is 2. The first-order chi connectivity index (χ1) is 14.8. The van der Waals surface area contributed by atoms with E-state index in [0.717, 1.165) is 6.07 Å². The monoisotopic (exact) mass is 441 g/mol. The number of aliphatic hydroxyl groups excluding tert-OH is 1. The highest BCUT2D eigenvalue weighted by atomic mass is 35.5. The van der Waals surface area contributed by atoms with Crippen molar-refractivity contribution in [3.8, 4) is 17.2 Å². The van der Waals surface area contributed by atoms with Gasteiger partial charge in [0.05, 0.1) is 28.6 Å². The topological polar surface area (TPSA) is 131 Å². The van der Waals surface area contributed by atoms with Crippen LogP contribution in [0, 0.1) is 17.1 Å². The molecule has 8 nitrogen and oxygen atoms in total. The van der Waals surface area contributed by atoms with Crippen molar-refractivity contribution in [2.45, 2.75) is 13.0 Å². The number of rotatable bonds is 6. The van der Waals surface area contributed by atoms with Gasteiger partial charge >= 0.3 is 0 Å². The minimum atomic E-state index is -0.739. The quantitative estimate of drug-likeness (QED) is 0.465. The van der Waals surface area contributed by atoms with Crippen LogP contribution >= 0.6 is 11.6 Å². The Balaban J connectivity index is 2.05. The minimum Gasteiger partial charge on any atom is -0.392 e. The number of hydrogen-bond acceptors (Lipinski definition) is 6. The normalized spacial score (nSPS) is 11.5. The van der Waals surface area contributed by atoms with E-state index in [0.29, 0.717) is 5.69 Å². The molecule has 0 bridgehead atoms. The largest absolute Gasteiger partial charge is 0.392 e. The first-order valence-corrected chi connectivity index (χ1v) is 9.48. The summed E-state index contributed by atoms with van der Waals surface area (Å²) in [5.41, 5.74) is -0.280. The van der Waals surface area contributed by atoms with Gasteiger partial charge in [0, 0.05) is 29.5 Å². The van der Waals surface area contributed by atoms with Crippen LogP contribution in [0.2, 0.25) is 5.02 Å². The number of hydrogen-bond donors (Lipinski definition) is 4. The number of halogens is 2. The van der Waals surface area contributed by atoms with Gasteiger partial charge < -0.3 is 20.7 Å². The summed E-state index contributed by atoms with van der Waals surface area (Å²) >= 11 is 5.94. The van der Waals surface area contributed by atoms with Crippen molar-refractivity contribution in [2.75, 3.05) is 11.9 Å². The molecule has 31 heavy (non-hydrogen) atoms. The van der Waals surface area contributed by atoms with E-state index in [9.17, 15) is 24.3 Å². The predicted molar refractivity (Wildman–Crippen MR) is 114 cm³/mol. The number of nitrogens with one attached hydrogen (secondary N) is 3. The second-order valence-electron chi connectivity index (χ2n) is 6.64. The summed E-state index contributed by atoms with van der Waals surface area (Å²) in [4.78, 5) is 31.2. The van der Waals surface area contributed by atoms with E-state index in [-0.39, 0.29) is 39.6 Å². The Hall–Kier alpha value is -3.74. The zero-order valence-electron chi connectivity index (χ0n) is 16.2. The lowest BCUT2D eigenvalue weighted by atomic mass is 10.1. The average Bonchev–Trinajstić information content (AvgIpc) is 2.75. The Kier molecular flexibility index (Phi) is 6.65. The zero-order chi connectivity index (χ0) is 22.5. The standard InChI is InChI=1S/C21H17ClFN5O3/c1-11(29)9-26-20(30)15-10-25-5-4-17(15)27-18-7-14(21(31)28-19(18)8-24)13-6-12(22)2-3-16(13)23/h2-7,10-11,29H,9H2,1H3,(H,25,27)(H,26,30)(H,28,31). The molecule has 2 aromatic heterocycles. The molecule has 1 amide bonds. The highest BCUT2D eigenvalue weighted by Gasteiger charge is 2.17. The third-order valence-electron chi connectivity index (χ3n) is 4.26. The van der Waals surface area contributed by atoms with E-state index < -0.39 is 23.4 Å². The highest BCUT2D eigenvalue weighted by Crippen LogP contribution is 2.28. The smallest absolute Gasteiger partial charge is 0.257 e. The number of nitriles is 1. The molecule has 0 aliphatic carbocycles. The van der Waals surface area contributed by atoms with Crippen LogP contribution in [0.15, 0.2) is 47.5 Å². The van der Waals surface area contributed by atoms with Gasteiger partial charge in [-0.3, -0.25) is 14.6 Å². The van der Waals surface area contributed by atoms with Gasteiger partial charge in [-0.2, -0.15) is 5.26 Å². The Morgan fingerprint density at radius 1 is 1.32 bits per heavy atom. The van der Waals surface area contributed by atoms with Crippen molar-refractivity contribution in [1.82, 2.24) is 15.3 Å². The minimum absolute atomic E-state index is 0.0352. The summed E-state index contributed by atoms with van der Waals surface area (Å²) < 4.78 is 14.3. The third kappa shape index (κ3) is 5.06. The number of anilines is 2. The lowest BCUT2D eigenvalue weighted by Gasteiger charge is -2.14. The number of aliphatic hydroxyl groups is 1. The number of carbonyl (C=O) groups excluding carboxylic acids is 1. The van der Waals surface area contributed by atoms with Crippen molar-refractivity contribution in [3.05, 3.63) is 75.2 Å².